The molecule has 120 valence electrons. The Morgan fingerprint density at radius 1 is 0.833 bits per heavy atom. The standard InChI is InChI=1S/C22H21NO/c1-24-20-14-12-19(13-15-20)23-21-10-6-5-9-18(21)11-16-22(23)17-7-3-2-4-8-17/h2-10,12-15,22H,11,16H2,1H3. The van der Waals surface area contributed by atoms with Gasteiger partial charge in [-0.25, -0.2) is 0 Å². The summed E-state index contributed by atoms with van der Waals surface area (Å²) in [5.41, 5.74) is 5.29. The predicted molar refractivity (Wildman–Crippen MR) is 99.1 cm³/mol. The van der Waals surface area contributed by atoms with Crippen LogP contribution in [0.1, 0.15) is 23.6 Å². The van der Waals surface area contributed by atoms with Crippen LogP contribution >= 0.6 is 0 Å². The fraction of sp³-hybridized carbons (Fsp3) is 0.182. The molecule has 24 heavy (non-hydrogen) atoms. The Labute approximate surface area is 143 Å². The highest BCUT2D eigenvalue weighted by Crippen LogP contribution is 2.43. The molecule has 0 aromatic heterocycles. The molecule has 1 aliphatic rings. The van der Waals surface area contributed by atoms with E-state index < -0.39 is 0 Å². The van der Waals surface area contributed by atoms with Crippen LogP contribution in [0.3, 0.4) is 0 Å². The third-order valence-electron chi connectivity index (χ3n) is 4.78. The Morgan fingerprint density at radius 3 is 2.29 bits per heavy atom. The summed E-state index contributed by atoms with van der Waals surface area (Å²) < 4.78 is 5.32. The largest absolute Gasteiger partial charge is 0.497 e. The topological polar surface area (TPSA) is 12.5 Å². The number of para-hydroxylation sites is 1. The van der Waals surface area contributed by atoms with Gasteiger partial charge in [0, 0.05) is 11.4 Å². The van der Waals surface area contributed by atoms with Gasteiger partial charge in [0.05, 0.1) is 13.2 Å². The molecular weight excluding hydrogens is 294 g/mol. The molecule has 0 spiro atoms. The van der Waals surface area contributed by atoms with Crippen LogP contribution in [0.2, 0.25) is 0 Å². The van der Waals surface area contributed by atoms with Crippen molar-refractivity contribution in [2.75, 3.05) is 12.0 Å². The number of rotatable bonds is 3. The average Bonchev–Trinajstić information content (AvgIpc) is 2.68. The van der Waals surface area contributed by atoms with Crippen LogP contribution in [0.4, 0.5) is 11.4 Å². The highest BCUT2D eigenvalue weighted by Gasteiger charge is 2.28. The van der Waals surface area contributed by atoms with E-state index in [-0.39, 0.29) is 0 Å². The van der Waals surface area contributed by atoms with Crippen LogP contribution in [0.5, 0.6) is 5.75 Å². The van der Waals surface area contributed by atoms with Gasteiger partial charge in [-0.1, -0.05) is 48.5 Å². The number of benzene rings is 3. The van der Waals surface area contributed by atoms with E-state index in [1.54, 1.807) is 7.11 Å². The maximum atomic E-state index is 5.32. The van der Waals surface area contributed by atoms with Crippen LogP contribution in [0.25, 0.3) is 0 Å². The number of ether oxygens (including phenoxy) is 1. The van der Waals surface area contributed by atoms with Gasteiger partial charge >= 0.3 is 0 Å². The van der Waals surface area contributed by atoms with Gasteiger partial charge in [0.1, 0.15) is 5.75 Å². The number of aryl methyl sites for hydroxylation is 1. The number of fused-ring (bicyclic) bond motifs is 1. The van der Waals surface area contributed by atoms with Crippen LogP contribution in [0, 0.1) is 0 Å². The molecule has 0 saturated carbocycles. The van der Waals surface area contributed by atoms with Crippen molar-refractivity contribution in [3.8, 4) is 5.75 Å². The lowest BCUT2D eigenvalue weighted by atomic mass is 9.90. The first-order chi connectivity index (χ1) is 11.9. The predicted octanol–water partition coefficient (Wildman–Crippen LogP) is 5.52. The smallest absolute Gasteiger partial charge is 0.119 e. The number of nitrogens with zero attached hydrogens (tertiary/aromatic N) is 1. The van der Waals surface area contributed by atoms with Gasteiger partial charge in [0.2, 0.25) is 0 Å². The third-order valence-corrected chi connectivity index (χ3v) is 4.78. The minimum atomic E-state index is 0.356. The van der Waals surface area contributed by atoms with E-state index in [9.17, 15) is 0 Å². The Balaban J connectivity index is 1.82. The zero-order chi connectivity index (χ0) is 16.4. The summed E-state index contributed by atoms with van der Waals surface area (Å²) in [7, 11) is 1.71. The van der Waals surface area contributed by atoms with Crippen molar-refractivity contribution in [3.05, 3.63) is 90.0 Å². The second kappa shape index (κ2) is 6.40. The van der Waals surface area contributed by atoms with Gasteiger partial charge in [0.25, 0.3) is 0 Å². The summed E-state index contributed by atoms with van der Waals surface area (Å²) in [6.45, 7) is 0. The number of hydrogen-bond acceptors (Lipinski definition) is 2. The minimum Gasteiger partial charge on any atom is -0.497 e. The molecule has 0 N–H and O–H groups in total. The summed E-state index contributed by atoms with van der Waals surface area (Å²) in [6.07, 6.45) is 2.23. The van der Waals surface area contributed by atoms with Crippen LogP contribution in [-0.2, 0) is 6.42 Å². The summed E-state index contributed by atoms with van der Waals surface area (Å²) in [5, 5.41) is 0. The summed E-state index contributed by atoms with van der Waals surface area (Å²) >= 11 is 0. The first-order valence-corrected chi connectivity index (χ1v) is 8.43. The van der Waals surface area contributed by atoms with Crippen molar-refractivity contribution < 1.29 is 4.74 Å². The van der Waals surface area contributed by atoms with Crippen molar-refractivity contribution in [2.24, 2.45) is 0 Å². The molecule has 2 heteroatoms. The van der Waals surface area contributed by atoms with Gasteiger partial charge in [0.15, 0.2) is 0 Å². The van der Waals surface area contributed by atoms with Crippen molar-refractivity contribution >= 4 is 11.4 Å². The lowest BCUT2D eigenvalue weighted by Crippen LogP contribution is -2.28. The molecule has 3 aromatic carbocycles. The number of anilines is 2. The summed E-state index contributed by atoms with van der Waals surface area (Å²) in [4.78, 5) is 2.47. The number of hydrogen-bond donors (Lipinski definition) is 0. The fourth-order valence-electron chi connectivity index (χ4n) is 3.60. The lowest BCUT2D eigenvalue weighted by molar-refractivity contribution is 0.415. The number of methoxy groups -OCH3 is 1. The molecule has 3 aromatic rings. The van der Waals surface area contributed by atoms with Gasteiger partial charge in [-0.3, -0.25) is 0 Å². The molecule has 1 unspecified atom stereocenters. The lowest BCUT2D eigenvalue weighted by Gasteiger charge is -2.39. The Bertz CT molecular complexity index is 811. The maximum Gasteiger partial charge on any atom is 0.119 e. The van der Waals surface area contributed by atoms with Crippen LogP contribution in [0.15, 0.2) is 78.9 Å². The van der Waals surface area contributed by atoms with E-state index >= 15 is 0 Å². The van der Waals surface area contributed by atoms with E-state index in [4.69, 9.17) is 4.74 Å². The summed E-state index contributed by atoms with van der Waals surface area (Å²) in [5.74, 6) is 0.889. The SMILES string of the molecule is COc1ccc(N2c3ccccc3CCC2c2ccccc2)cc1. The molecular formula is C22H21NO. The second-order valence-corrected chi connectivity index (χ2v) is 6.16. The van der Waals surface area contributed by atoms with Crippen LogP contribution < -0.4 is 9.64 Å². The van der Waals surface area contributed by atoms with Gasteiger partial charge in [-0.2, -0.15) is 0 Å². The van der Waals surface area contributed by atoms with E-state index in [1.807, 2.05) is 12.1 Å². The third kappa shape index (κ3) is 2.65. The van der Waals surface area contributed by atoms with Gasteiger partial charge < -0.3 is 9.64 Å². The first kappa shape index (κ1) is 14.8. The molecule has 1 aliphatic heterocycles. The molecule has 1 atom stereocenters. The van der Waals surface area contributed by atoms with E-state index in [0.717, 1.165) is 18.6 Å². The molecule has 0 amide bonds. The van der Waals surface area contributed by atoms with Gasteiger partial charge in [-0.05, 0) is 54.3 Å². The van der Waals surface area contributed by atoms with E-state index in [2.05, 4.69) is 71.6 Å². The van der Waals surface area contributed by atoms with Crippen molar-refractivity contribution in [1.29, 1.82) is 0 Å². The Morgan fingerprint density at radius 2 is 1.54 bits per heavy atom. The second-order valence-electron chi connectivity index (χ2n) is 6.16. The molecule has 0 bridgehead atoms. The minimum absolute atomic E-state index is 0.356. The van der Waals surface area contributed by atoms with Crippen molar-refractivity contribution in [1.82, 2.24) is 0 Å². The monoisotopic (exact) mass is 315 g/mol. The molecule has 2 nitrogen and oxygen atoms in total. The molecule has 0 fully saturated rings. The zero-order valence-corrected chi connectivity index (χ0v) is 13.9. The first-order valence-electron chi connectivity index (χ1n) is 8.43. The highest BCUT2D eigenvalue weighted by molar-refractivity contribution is 5.70. The maximum absolute atomic E-state index is 5.32. The average molecular weight is 315 g/mol. The van der Waals surface area contributed by atoms with Crippen LogP contribution in [-0.4, -0.2) is 7.11 Å². The summed E-state index contributed by atoms with van der Waals surface area (Å²) in [6, 6.07) is 28.3. The molecule has 4 rings (SSSR count). The van der Waals surface area contributed by atoms with E-state index in [0.29, 0.717) is 6.04 Å². The van der Waals surface area contributed by atoms with Crippen molar-refractivity contribution in [2.45, 2.75) is 18.9 Å². The Hall–Kier alpha value is -2.74. The Kier molecular flexibility index (Phi) is 3.96. The normalized spacial score (nSPS) is 16.5. The molecule has 0 saturated heterocycles. The van der Waals surface area contributed by atoms with E-state index in [1.165, 1.54) is 22.5 Å². The zero-order valence-electron chi connectivity index (χ0n) is 13.9. The molecule has 0 radical (unpaired) electrons. The molecule has 1 heterocycles. The quantitative estimate of drug-likeness (QED) is 0.631. The highest BCUT2D eigenvalue weighted by atomic mass is 16.5. The fourth-order valence-corrected chi connectivity index (χ4v) is 3.60. The molecule has 0 aliphatic carbocycles. The van der Waals surface area contributed by atoms with Gasteiger partial charge in [-0.15, -0.1) is 0 Å². The van der Waals surface area contributed by atoms with Crippen molar-refractivity contribution in [3.63, 3.8) is 0 Å².